The van der Waals surface area contributed by atoms with Crippen LogP contribution in [0.3, 0.4) is 0 Å². The van der Waals surface area contributed by atoms with E-state index in [0.29, 0.717) is 6.04 Å². The lowest BCUT2D eigenvalue weighted by atomic mass is 10.1. The molecule has 1 N–H and O–H groups in total. The zero-order valence-electron chi connectivity index (χ0n) is 8.42. The summed E-state index contributed by atoms with van der Waals surface area (Å²) in [5.41, 5.74) is 0. The summed E-state index contributed by atoms with van der Waals surface area (Å²) in [6, 6.07) is 0.584. The maximum atomic E-state index is 4.81. The maximum Gasteiger partial charge on any atom is 0.0768 e. The van der Waals surface area contributed by atoms with Crippen molar-refractivity contribution in [3.8, 4) is 0 Å². The van der Waals surface area contributed by atoms with Gasteiger partial charge in [0.2, 0.25) is 0 Å². The summed E-state index contributed by atoms with van der Waals surface area (Å²) >= 11 is 2.03. The van der Waals surface area contributed by atoms with Gasteiger partial charge in [0, 0.05) is 24.3 Å². The van der Waals surface area contributed by atoms with Crippen molar-refractivity contribution in [2.45, 2.75) is 38.0 Å². The molecule has 0 aromatic carbocycles. The van der Waals surface area contributed by atoms with Crippen LogP contribution in [-0.4, -0.2) is 29.4 Å². The molecule has 0 aromatic heterocycles. The second kappa shape index (κ2) is 4.01. The van der Waals surface area contributed by atoms with Crippen LogP contribution in [0.4, 0.5) is 0 Å². The van der Waals surface area contributed by atoms with Gasteiger partial charge in [-0.05, 0) is 12.8 Å². The van der Waals surface area contributed by atoms with Gasteiger partial charge < -0.3 is 5.32 Å². The molecule has 3 heteroatoms. The third-order valence-corrected chi connectivity index (χ3v) is 4.49. The first-order valence-corrected chi connectivity index (χ1v) is 6.18. The minimum absolute atomic E-state index is 0.584. The van der Waals surface area contributed by atoms with Crippen LogP contribution in [0.25, 0.3) is 0 Å². The summed E-state index contributed by atoms with van der Waals surface area (Å²) in [6.45, 7) is 6.79. The normalized spacial score (nSPS) is 32.4. The van der Waals surface area contributed by atoms with Gasteiger partial charge in [-0.15, -0.1) is 11.8 Å². The van der Waals surface area contributed by atoms with Gasteiger partial charge >= 0.3 is 0 Å². The maximum absolute atomic E-state index is 4.81. The van der Waals surface area contributed by atoms with E-state index in [4.69, 9.17) is 4.99 Å². The molecule has 0 bridgehead atoms. The molecule has 1 fully saturated rings. The molecule has 2 heterocycles. The Bertz CT molecular complexity index is 211. The fourth-order valence-corrected chi connectivity index (χ4v) is 3.63. The first-order valence-electron chi connectivity index (χ1n) is 5.30. The van der Waals surface area contributed by atoms with E-state index < -0.39 is 0 Å². The Morgan fingerprint density at radius 1 is 1.46 bits per heavy atom. The highest BCUT2D eigenvalue weighted by atomic mass is 32.2. The first-order chi connectivity index (χ1) is 6.35. The summed E-state index contributed by atoms with van der Waals surface area (Å²) in [7, 11) is 0. The summed E-state index contributed by atoms with van der Waals surface area (Å²) in [6.07, 6.45) is 2.49. The molecular weight excluding hydrogens is 180 g/mol. The van der Waals surface area contributed by atoms with Crippen molar-refractivity contribution in [2.75, 3.05) is 13.1 Å². The van der Waals surface area contributed by atoms with E-state index in [1.165, 1.54) is 17.9 Å². The number of thioether (sulfide) groups is 1. The molecule has 0 saturated carbocycles. The van der Waals surface area contributed by atoms with E-state index in [1.54, 1.807) is 0 Å². The Morgan fingerprint density at radius 3 is 2.85 bits per heavy atom. The van der Waals surface area contributed by atoms with Crippen molar-refractivity contribution in [1.29, 1.82) is 0 Å². The molecule has 13 heavy (non-hydrogen) atoms. The second-order valence-corrected chi connectivity index (χ2v) is 5.12. The Morgan fingerprint density at radius 2 is 2.23 bits per heavy atom. The molecule has 0 spiro atoms. The molecule has 74 valence electrons. The van der Waals surface area contributed by atoms with Crippen molar-refractivity contribution in [2.24, 2.45) is 10.9 Å². The number of nitrogens with one attached hydrogen (secondary N) is 1. The zero-order valence-corrected chi connectivity index (χ0v) is 9.23. The predicted octanol–water partition coefficient (Wildman–Crippen LogP) is 1.91. The molecule has 0 radical (unpaired) electrons. The minimum Gasteiger partial charge on any atom is -0.313 e. The van der Waals surface area contributed by atoms with E-state index in [9.17, 15) is 0 Å². The van der Waals surface area contributed by atoms with Crippen LogP contribution in [0.5, 0.6) is 0 Å². The van der Waals surface area contributed by atoms with Gasteiger partial charge in [-0.3, -0.25) is 4.99 Å². The summed E-state index contributed by atoms with van der Waals surface area (Å²) in [5, 5.41) is 5.57. The van der Waals surface area contributed by atoms with E-state index in [2.05, 4.69) is 19.2 Å². The predicted molar refractivity (Wildman–Crippen MR) is 59.5 cm³/mol. The third-order valence-electron chi connectivity index (χ3n) is 3.03. The second-order valence-electron chi connectivity index (χ2n) is 3.86. The smallest absolute Gasteiger partial charge is 0.0768 e. The van der Waals surface area contributed by atoms with Crippen molar-refractivity contribution >= 4 is 16.8 Å². The van der Waals surface area contributed by atoms with Gasteiger partial charge in [0.15, 0.2) is 0 Å². The van der Waals surface area contributed by atoms with Gasteiger partial charge in [-0.2, -0.15) is 0 Å². The average molecular weight is 198 g/mol. The molecule has 2 nitrogen and oxygen atoms in total. The number of rotatable bonds is 3. The van der Waals surface area contributed by atoms with Crippen molar-refractivity contribution < 1.29 is 0 Å². The molecule has 0 aliphatic carbocycles. The standard InChI is InChI=1S/C10H18N2S/c1-3-7(4-2)10-12-8-5-11-6-9(8)13-10/h7-9,11H,3-6H2,1-2H3. The number of nitrogens with zero attached hydrogens (tertiary/aromatic N) is 1. The SMILES string of the molecule is CCC(CC)C1=NC2CNCC2S1. The zero-order chi connectivity index (χ0) is 9.26. The van der Waals surface area contributed by atoms with Gasteiger partial charge in [0.25, 0.3) is 0 Å². The fourth-order valence-electron chi connectivity index (χ4n) is 2.08. The van der Waals surface area contributed by atoms with E-state index >= 15 is 0 Å². The Balaban J connectivity index is 2.01. The van der Waals surface area contributed by atoms with E-state index in [-0.39, 0.29) is 0 Å². The topological polar surface area (TPSA) is 24.4 Å². The van der Waals surface area contributed by atoms with E-state index in [1.807, 2.05) is 11.8 Å². The quantitative estimate of drug-likeness (QED) is 0.749. The molecule has 2 unspecified atom stereocenters. The van der Waals surface area contributed by atoms with Crippen LogP contribution >= 0.6 is 11.8 Å². The number of hydrogen-bond acceptors (Lipinski definition) is 3. The summed E-state index contributed by atoms with van der Waals surface area (Å²) < 4.78 is 0. The molecule has 0 aromatic rings. The minimum atomic E-state index is 0.584. The average Bonchev–Trinajstić information content (AvgIpc) is 2.65. The van der Waals surface area contributed by atoms with Crippen LogP contribution in [0.2, 0.25) is 0 Å². The largest absolute Gasteiger partial charge is 0.313 e. The van der Waals surface area contributed by atoms with E-state index in [0.717, 1.165) is 24.3 Å². The molecule has 2 rings (SSSR count). The lowest BCUT2D eigenvalue weighted by Crippen LogP contribution is -2.14. The Labute approximate surface area is 84.6 Å². The van der Waals surface area contributed by atoms with Crippen molar-refractivity contribution in [3.63, 3.8) is 0 Å². The Kier molecular flexibility index (Phi) is 2.94. The highest BCUT2D eigenvalue weighted by Gasteiger charge is 2.35. The number of hydrogen-bond donors (Lipinski definition) is 1. The Hall–Kier alpha value is -0.0200. The van der Waals surface area contributed by atoms with Crippen LogP contribution in [0.1, 0.15) is 26.7 Å². The van der Waals surface area contributed by atoms with Gasteiger partial charge in [-0.1, -0.05) is 13.8 Å². The van der Waals surface area contributed by atoms with Crippen molar-refractivity contribution in [3.05, 3.63) is 0 Å². The van der Waals surface area contributed by atoms with Gasteiger partial charge in [0.05, 0.1) is 11.1 Å². The molecule has 2 atom stereocenters. The monoisotopic (exact) mass is 198 g/mol. The third kappa shape index (κ3) is 1.77. The fraction of sp³-hybridized carbons (Fsp3) is 0.900. The number of fused-ring (bicyclic) bond motifs is 1. The molecular formula is C10H18N2S. The molecule has 1 saturated heterocycles. The lowest BCUT2D eigenvalue weighted by Gasteiger charge is -2.12. The summed E-state index contributed by atoms with van der Waals surface area (Å²) in [4.78, 5) is 4.81. The van der Waals surface area contributed by atoms with Crippen LogP contribution in [0.15, 0.2) is 4.99 Å². The molecule has 2 aliphatic heterocycles. The molecule has 2 aliphatic rings. The highest BCUT2D eigenvalue weighted by Crippen LogP contribution is 2.34. The first kappa shape index (κ1) is 9.53. The lowest BCUT2D eigenvalue weighted by molar-refractivity contribution is 0.644. The highest BCUT2D eigenvalue weighted by molar-refractivity contribution is 8.14. The van der Waals surface area contributed by atoms with Crippen LogP contribution in [-0.2, 0) is 0 Å². The van der Waals surface area contributed by atoms with Gasteiger partial charge in [-0.25, -0.2) is 0 Å². The number of aliphatic imine (C=N–C) groups is 1. The summed E-state index contributed by atoms with van der Waals surface area (Å²) in [5.74, 6) is 0.732. The molecule has 0 amide bonds. The van der Waals surface area contributed by atoms with Crippen LogP contribution < -0.4 is 5.32 Å². The van der Waals surface area contributed by atoms with Gasteiger partial charge in [0.1, 0.15) is 0 Å². The van der Waals surface area contributed by atoms with Crippen LogP contribution in [0, 0.1) is 5.92 Å². The van der Waals surface area contributed by atoms with Crippen molar-refractivity contribution in [1.82, 2.24) is 5.32 Å².